The molecule has 150 valence electrons. The molecule has 0 unspecified atom stereocenters. The summed E-state index contributed by atoms with van der Waals surface area (Å²) < 4.78 is 10.5. The van der Waals surface area contributed by atoms with Crippen molar-refractivity contribution in [2.45, 2.75) is 6.42 Å². The number of hydrogen-bond donors (Lipinski definition) is 2. The van der Waals surface area contributed by atoms with Crippen molar-refractivity contribution < 1.29 is 19.1 Å². The molecular formula is C22H22N2O4S. The fourth-order valence-electron chi connectivity index (χ4n) is 2.80. The van der Waals surface area contributed by atoms with E-state index in [9.17, 15) is 9.59 Å². The number of anilines is 1. The van der Waals surface area contributed by atoms with E-state index in [-0.39, 0.29) is 11.8 Å². The number of carbonyl (C=O) groups excluding carboxylic acids is 2. The first-order valence-corrected chi connectivity index (χ1v) is 9.92. The minimum Gasteiger partial charge on any atom is -0.493 e. The quantitative estimate of drug-likeness (QED) is 0.589. The zero-order valence-electron chi connectivity index (χ0n) is 16.2. The Balaban J connectivity index is 1.56. The van der Waals surface area contributed by atoms with Gasteiger partial charge in [0.05, 0.1) is 19.1 Å². The minimum absolute atomic E-state index is 0.189. The maximum Gasteiger partial charge on any atom is 0.265 e. The molecule has 2 amide bonds. The molecular weight excluding hydrogens is 388 g/mol. The lowest BCUT2D eigenvalue weighted by Gasteiger charge is -2.10. The van der Waals surface area contributed by atoms with E-state index in [1.165, 1.54) is 11.3 Å². The number of carbonyl (C=O) groups is 2. The number of rotatable bonds is 8. The maximum absolute atomic E-state index is 12.5. The van der Waals surface area contributed by atoms with Crippen LogP contribution in [0.5, 0.6) is 11.5 Å². The van der Waals surface area contributed by atoms with Gasteiger partial charge in [0.25, 0.3) is 11.8 Å². The summed E-state index contributed by atoms with van der Waals surface area (Å²) >= 11 is 1.37. The van der Waals surface area contributed by atoms with E-state index >= 15 is 0 Å². The molecule has 0 saturated heterocycles. The summed E-state index contributed by atoms with van der Waals surface area (Å²) in [5.74, 6) is 0.941. The third kappa shape index (κ3) is 5.36. The molecule has 0 bridgehead atoms. The highest BCUT2D eigenvalue weighted by Gasteiger charge is 2.10. The van der Waals surface area contributed by atoms with Gasteiger partial charge in [0.2, 0.25) is 0 Å². The second-order valence-electron chi connectivity index (χ2n) is 6.21. The molecule has 0 fully saturated rings. The van der Waals surface area contributed by atoms with Crippen LogP contribution in [0.1, 0.15) is 25.6 Å². The second-order valence-corrected chi connectivity index (χ2v) is 7.16. The molecule has 29 heavy (non-hydrogen) atoms. The number of amides is 2. The third-order valence-electron chi connectivity index (χ3n) is 4.27. The minimum atomic E-state index is -0.197. The first kappa shape index (κ1) is 20.4. The van der Waals surface area contributed by atoms with E-state index in [1.54, 1.807) is 44.6 Å². The highest BCUT2D eigenvalue weighted by Crippen LogP contribution is 2.27. The number of benzene rings is 2. The zero-order chi connectivity index (χ0) is 20.6. The van der Waals surface area contributed by atoms with Gasteiger partial charge in [-0.25, -0.2) is 0 Å². The van der Waals surface area contributed by atoms with E-state index in [1.807, 2.05) is 29.6 Å². The Morgan fingerprint density at radius 3 is 2.48 bits per heavy atom. The van der Waals surface area contributed by atoms with Crippen molar-refractivity contribution in [3.63, 3.8) is 0 Å². The smallest absolute Gasteiger partial charge is 0.265 e. The van der Waals surface area contributed by atoms with Gasteiger partial charge in [-0.1, -0.05) is 18.2 Å². The number of hydrogen-bond acceptors (Lipinski definition) is 5. The van der Waals surface area contributed by atoms with Crippen molar-refractivity contribution in [1.82, 2.24) is 5.32 Å². The van der Waals surface area contributed by atoms with Crippen LogP contribution in [0.4, 0.5) is 5.69 Å². The van der Waals surface area contributed by atoms with Crippen LogP contribution >= 0.6 is 11.3 Å². The molecule has 2 aromatic carbocycles. The Morgan fingerprint density at radius 2 is 1.76 bits per heavy atom. The zero-order valence-corrected chi connectivity index (χ0v) is 17.0. The summed E-state index contributed by atoms with van der Waals surface area (Å²) in [4.78, 5) is 25.2. The lowest BCUT2D eigenvalue weighted by Crippen LogP contribution is -2.25. The van der Waals surface area contributed by atoms with Crippen molar-refractivity contribution in [3.05, 3.63) is 76.0 Å². The normalized spacial score (nSPS) is 10.3. The van der Waals surface area contributed by atoms with Crippen LogP contribution in [0.25, 0.3) is 0 Å². The Hall–Kier alpha value is -3.32. The van der Waals surface area contributed by atoms with Crippen molar-refractivity contribution >= 4 is 28.8 Å². The van der Waals surface area contributed by atoms with Crippen LogP contribution in [0, 0.1) is 0 Å². The lowest BCUT2D eigenvalue weighted by atomic mass is 10.1. The van der Waals surface area contributed by atoms with Gasteiger partial charge >= 0.3 is 0 Å². The van der Waals surface area contributed by atoms with E-state index in [2.05, 4.69) is 10.6 Å². The van der Waals surface area contributed by atoms with Crippen molar-refractivity contribution in [3.8, 4) is 11.5 Å². The number of methoxy groups -OCH3 is 2. The fourth-order valence-corrected chi connectivity index (χ4v) is 3.42. The fraction of sp³-hybridized carbons (Fsp3) is 0.182. The number of thiophene rings is 1. The molecule has 2 N–H and O–H groups in total. The Morgan fingerprint density at radius 1 is 0.931 bits per heavy atom. The molecule has 7 heteroatoms. The first-order valence-electron chi connectivity index (χ1n) is 9.04. The molecule has 1 heterocycles. The Kier molecular flexibility index (Phi) is 6.86. The number of nitrogens with one attached hydrogen (secondary N) is 2. The van der Waals surface area contributed by atoms with Crippen LogP contribution in [0.3, 0.4) is 0 Å². The van der Waals surface area contributed by atoms with Crippen LogP contribution in [-0.4, -0.2) is 32.6 Å². The molecule has 0 radical (unpaired) electrons. The summed E-state index contributed by atoms with van der Waals surface area (Å²) in [6.45, 7) is 0.472. The average Bonchev–Trinajstić information content (AvgIpc) is 3.29. The molecule has 0 spiro atoms. The average molecular weight is 410 g/mol. The Labute approximate surface area is 173 Å². The summed E-state index contributed by atoms with van der Waals surface area (Å²) in [6.07, 6.45) is 0.654. The summed E-state index contributed by atoms with van der Waals surface area (Å²) in [6, 6.07) is 16.1. The van der Waals surface area contributed by atoms with Crippen molar-refractivity contribution in [2.75, 3.05) is 26.1 Å². The van der Waals surface area contributed by atoms with Gasteiger partial charge in [-0.3, -0.25) is 9.59 Å². The van der Waals surface area contributed by atoms with Gasteiger partial charge in [0.1, 0.15) is 0 Å². The predicted molar refractivity (Wildman–Crippen MR) is 114 cm³/mol. The van der Waals surface area contributed by atoms with Crippen LogP contribution in [0.2, 0.25) is 0 Å². The first-order chi connectivity index (χ1) is 14.1. The van der Waals surface area contributed by atoms with Gasteiger partial charge in [0.15, 0.2) is 11.5 Å². The molecule has 0 aliphatic heterocycles. The van der Waals surface area contributed by atoms with Gasteiger partial charge in [-0.05, 0) is 53.8 Å². The summed E-state index contributed by atoms with van der Waals surface area (Å²) in [7, 11) is 3.18. The molecule has 0 aliphatic rings. The van der Waals surface area contributed by atoms with E-state index in [0.717, 1.165) is 5.56 Å². The predicted octanol–water partition coefficient (Wildman–Crippen LogP) is 3.99. The highest BCUT2D eigenvalue weighted by molar-refractivity contribution is 7.12. The summed E-state index contributed by atoms with van der Waals surface area (Å²) in [5, 5.41) is 7.56. The van der Waals surface area contributed by atoms with Crippen molar-refractivity contribution in [2.24, 2.45) is 0 Å². The highest BCUT2D eigenvalue weighted by atomic mass is 32.1. The Bertz CT molecular complexity index is 986. The standard InChI is InChI=1S/C22H22N2O4S/c1-27-18-9-8-15(13-19(18)28-2)10-11-23-21(25)16-5-3-6-17(14-16)24-22(26)20-7-4-12-29-20/h3-9,12-14H,10-11H2,1-2H3,(H,23,25)(H,24,26). The van der Waals surface area contributed by atoms with Gasteiger partial charge in [-0.15, -0.1) is 11.3 Å². The second kappa shape index (κ2) is 9.75. The monoisotopic (exact) mass is 410 g/mol. The molecule has 1 aromatic heterocycles. The van der Waals surface area contributed by atoms with Crippen LogP contribution in [-0.2, 0) is 6.42 Å². The van der Waals surface area contributed by atoms with E-state index < -0.39 is 0 Å². The molecule has 6 nitrogen and oxygen atoms in total. The van der Waals surface area contributed by atoms with Crippen LogP contribution < -0.4 is 20.1 Å². The topological polar surface area (TPSA) is 76.7 Å². The maximum atomic E-state index is 12.5. The van der Waals surface area contributed by atoms with E-state index in [4.69, 9.17) is 9.47 Å². The molecule has 0 atom stereocenters. The molecule has 0 aliphatic carbocycles. The lowest BCUT2D eigenvalue weighted by molar-refractivity contribution is 0.0952. The number of ether oxygens (including phenoxy) is 2. The largest absolute Gasteiger partial charge is 0.493 e. The molecule has 0 saturated carbocycles. The third-order valence-corrected chi connectivity index (χ3v) is 5.14. The van der Waals surface area contributed by atoms with Gasteiger partial charge < -0.3 is 20.1 Å². The van der Waals surface area contributed by atoms with Gasteiger partial charge in [0, 0.05) is 17.8 Å². The van der Waals surface area contributed by atoms with Gasteiger partial charge in [-0.2, -0.15) is 0 Å². The molecule has 3 rings (SSSR count). The van der Waals surface area contributed by atoms with Crippen LogP contribution in [0.15, 0.2) is 60.0 Å². The molecule has 3 aromatic rings. The van der Waals surface area contributed by atoms with E-state index in [0.29, 0.717) is 40.6 Å². The summed E-state index contributed by atoms with van der Waals surface area (Å²) in [5.41, 5.74) is 2.09. The SMILES string of the molecule is COc1ccc(CCNC(=O)c2cccc(NC(=O)c3cccs3)c2)cc1OC. The van der Waals surface area contributed by atoms with Crippen molar-refractivity contribution in [1.29, 1.82) is 0 Å².